The van der Waals surface area contributed by atoms with E-state index in [-0.39, 0.29) is 17.4 Å². The molecule has 1 aromatic heterocycles. The van der Waals surface area contributed by atoms with Crippen LogP contribution in [0.4, 0.5) is 5.69 Å². The van der Waals surface area contributed by atoms with E-state index in [1.807, 2.05) is 42.7 Å². The molecule has 3 rings (SSSR count). The lowest BCUT2D eigenvalue weighted by Crippen LogP contribution is -2.15. The summed E-state index contributed by atoms with van der Waals surface area (Å²) in [6, 6.07) is 14.7. The first-order valence-electron chi connectivity index (χ1n) is 9.61. The number of rotatable bonds is 9. The molecule has 0 saturated heterocycles. The van der Waals surface area contributed by atoms with Crippen LogP contribution < -0.4 is 10.1 Å². The van der Waals surface area contributed by atoms with E-state index in [2.05, 4.69) is 15.5 Å². The van der Waals surface area contributed by atoms with E-state index in [9.17, 15) is 9.59 Å². The van der Waals surface area contributed by atoms with Crippen molar-refractivity contribution in [2.75, 3.05) is 11.1 Å². The van der Waals surface area contributed by atoms with E-state index in [0.717, 1.165) is 11.3 Å². The Labute approximate surface area is 179 Å². The van der Waals surface area contributed by atoms with Crippen molar-refractivity contribution in [3.05, 3.63) is 65.5 Å². The molecule has 0 aliphatic carbocycles. The average Bonchev–Trinajstić information content (AvgIpc) is 3.13. The van der Waals surface area contributed by atoms with E-state index >= 15 is 0 Å². The van der Waals surface area contributed by atoms with Gasteiger partial charge in [-0.1, -0.05) is 23.9 Å². The Morgan fingerprint density at radius 3 is 2.57 bits per heavy atom. The predicted molar refractivity (Wildman–Crippen MR) is 117 cm³/mol. The van der Waals surface area contributed by atoms with E-state index in [0.29, 0.717) is 35.4 Å². The normalized spacial score (nSPS) is 10.6. The molecule has 156 valence electrons. The van der Waals surface area contributed by atoms with Crippen molar-refractivity contribution in [2.24, 2.45) is 0 Å². The number of amides is 1. The number of hydrogen-bond acceptors (Lipinski definition) is 6. The number of benzene rings is 2. The summed E-state index contributed by atoms with van der Waals surface area (Å²) >= 11 is 1.32. The lowest BCUT2D eigenvalue weighted by atomic mass is 10.1. The smallest absolute Gasteiger partial charge is 0.234 e. The molecule has 0 unspecified atom stereocenters. The van der Waals surface area contributed by atoms with Crippen LogP contribution in [0.1, 0.15) is 35.6 Å². The van der Waals surface area contributed by atoms with E-state index in [1.165, 1.54) is 18.7 Å². The third-order valence-corrected chi connectivity index (χ3v) is 5.34. The fourth-order valence-electron chi connectivity index (χ4n) is 2.82. The van der Waals surface area contributed by atoms with Crippen LogP contribution in [0.3, 0.4) is 0 Å². The molecule has 0 bridgehead atoms. The number of hydrogen-bond donors (Lipinski definition) is 1. The standard InChI is InChI=1S/C22H24N4O3S/c1-4-26-20(13-29-19-7-5-6-15(2)12-19)24-25-22(26)30-14-21(28)23-18-10-8-17(9-11-18)16(3)27/h5-12H,4,13-14H2,1-3H3,(H,23,28). The quantitative estimate of drug-likeness (QED) is 0.411. The number of ether oxygens (including phenoxy) is 1. The summed E-state index contributed by atoms with van der Waals surface area (Å²) in [5, 5.41) is 11.9. The Bertz CT molecular complexity index is 1030. The highest BCUT2D eigenvalue weighted by Crippen LogP contribution is 2.20. The average molecular weight is 425 g/mol. The summed E-state index contributed by atoms with van der Waals surface area (Å²) in [6.45, 7) is 6.50. The maximum Gasteiger partial charge on any atom is 0.234 e. The van der Waals surface area contributed by atoms with Gasteiger partial charge in [-0.3, -0.25) is 9.59 Å². The number of aryl methyl sites for hydroxylation is 1. The van der Waals surface area contributed by atoms with Crippen LogP contribution in [-0.4, -0.2) is 32.2 Å². The van der Waals surface area contributed by atoms with Gasteiger partial charge in [0.25, 0.3) is 0 Å². The third kappa shape index (κ3) is 5.70. The van der Waals surface area contributed by atoms with Gasteiger partial charge in [0.1, 0.15) is 12.4 Å². The summed E-state index contributed by atoms with van der Waals surface area (Å²) in [6.07, 6.45) is 0. The fraction of sp³-hybridized carbons (Fsp3) is 0.273. The fourth-order valence-corrected chi connectivity index (χ4v) is 3.64. The molecular weight excluding hydrogens is 400 g/mol. The zero-order valence-electron chi connectivity index (χ0n) is 17.2. The second-order valence-electron chi connectivity index (χ2n) is 6.72. The molecule has 1 N–H and O–H groups in total. The van der Waals surface area contributed by atoms with Crippen molar-refractivity contribution in [3.8, 4) is 5.75 Å². The first-order chi connectivity index (χ1) is 14.5. The minimum atomic E-state index is -0.154. The lowest BCUT2D eigenvalue weighted by molar-refractivity contribution is -0.113. The van der Waals surface area contributed by atoms with Crippen molar-refractivity contribution < 1.29 is 14.3 Å². The minimum absolute atomic E-state index is 0.00971. The van der Waals surface area contributed by atoms with Crippen LogP contribution in [0.15, 0.2) is 53.7 Å². The van der Waals surface area contributed by atoms with Crippen molar-refractivity contribution in [1.82, 2.24) is 14.8 Å². The third-order valence-electron chi connectivity index (χ3n) is 4.37. The van der Waals surface area contributed by atoms with Crippen LogP contribution in [0, 0.1) is 6.92 Å². The second kappa shape index (κ2) is 10.1. The van der Waals surface area contributed by atoms with Gasteiger partial charge in [0.05, 0.1) is 5.75 Å². The molecule has 0 saturated carbocycles. The summed E-state index contributed by atoms with van der Waals surface area (Å²) in [5.41, 5.74) is 2.39. The van der Waals surface area contributed by atoms with Gasteiger partial charge in [-0.25, -0.2) is 0 Å². The Morgan fingerprint density at radius 2 is 1.90 bits per heavy atom. The first-order valence-corrected chi connectivity index (χ1v) is 10.6. The van der Waals surface area contributed by atoms with Gasteiger partial charge in [-0.15, -0.1) is 10.2 Å². The van der Waals surface area contributed by atoms with Gasteiger partial charge in [-0.2, -0.15) is 0 Å². The molecule has 0 radical (unpaired) electrons. The molecule has 3 aromatic rings. The summed E-state index contributed by atoms with van der Waals surface area (Å²) in [5.74, 6) is 1.53. The van der Waals surface area contributed by atoms with Crippen LogP contribution >= 0.6 is 11.8 Å². The zero-order chi connectivity index (χ0) is 21.5. The summed E-state index contributed by atoms with van der Waals surface area (Å²) in [7, 11) is 0. The predicted octanol–water partition coefficient (Wildman–Crippen LogP) is 4.12. The zero-order valence-corrected chi connectivity index (χ0v) is 18.0. The van der Waals surface area contributed by atoms with Gasteiger partial charge >= 0.3 is 0 Å². The summed E-state index contributed by atoms with van der Waals surface area (Å²) < 4.78 is 7.76. The van der Waals surface area contributed by atoms with Gasteiger partial charge in [0.15, 0.2) is 16.8 Å². The highest BCUT2D eigenvalue weighted by atomic mass is 32.2. The van der Waals surface area contributed by atoms with Crippen molar-refractivity contribution >= 4 is 29.1 Å². The maximum atomic E-state index is 12.3. The van der Waals surface area contributed by atoms with E-state index < -0.39 is 0 Å². The highest BCUT2D eigenvalue weighted by molar-refractivity contribution is 7.99. The Hall–Kier alpha value is -3.13. The molecule has 0 fully saturated rings. The number of anilines is 1. The number of aromatic nitrogens is 3. The largest absolute Gasteiger partial charge is 0.486 e. The van der Waals surface area contributed by atoms with Gasteiger partial charge in [-0.05, 0) is 62.7 Å². The van der Waals surface area contributed by atoms with Crippen LogP contribution in [0.25, 0.3) is 0 Å². The highest BCUT2D eigenvalue weighted by Gasteiger charge is 2.14. The van der Waals surface area contributed by atoms with Gasteiger partial charge < -0.3 is 14.6 Å². The maximum absolute atomic E-state index is 12.3. The second-order valence-corrected chi connectivity index (χ2v) is 7.66. The molecule has 1 amide bonds. The molecule has 7 nitrogen and oxygen atoms in total. The number of thioether (sulfide) groups is 1. The Balaban J connectivity index is 1.56. The SMILES string of the molecule is CCn1c(COc2cccc(C)c2)nnc1SCC(=O)Nc1ccc(C(C)=O)cc1. The Morgan fingerprint density at radius 1 is 1.13 bits per heavy atom. The van der Waals surface area contributed by atoms with Gasteiger partial charge in [0.2, 0.25) is 5.91 Å². The number of Topliss-reactive ketones (excluding diaryl/α,β-unsaturated/α-hetero) is 1. The van der Waals surface area contributed by atoms with E-state index in [4.69, 9.17) is 4.74 Å². The monoisotopic (exact) mass is 424 g/mol. The molecule has 0 atom stereocenters. The lowest BCUT2D eigenvalue weighted by Gasteiger charge is -2.09. The van der Waals surface area contributed by atoms with Crippen LogP contribution in [0.5, 0.6) is 5.75 Å². The van der Waals surface area contributed by atoms with Crippen molar-refractivity contribution in [2.45, 2.75) is 39.1 Å². The van der Waals surface area contributed by atoms with Crippen molar-refractivity contribution in [3.63, 3.8) is 0 Å². The topological polar surface area (TPSA) is 86.1 Å². The number of ketones is 1. The molecule has 1 heterocycles. The minimum Gasteiger partial charge on any atom is -0.486 e. The number of carbonyl (C=O) groups is 2. The van der Waals surface area contributed by atoms with Crippen LogP contribution in [0.2, 0.25) is 0 Å². The molecule has 8 heteroatoms. The number of nitrogens with one attached hydrogen (secondary N) is 1. The molecule has 2 aromatic carbocycles. The number of nitrogens with zero attached hydrogens (tertiary/aromatic N) is 3. The summed E-state index contributed by atoms with van der Waals surface area (Å²) in [4.78, 5) is 23.6. The Kier molecular flexibility index (Phi) is 7.24. The molecule has 0 aliphatic heterocycles. The van der Waals surface area contributed by atoms with E-state index in [1.54, 1.807) is 24.3 Å². The first kappa shape index (κ1) is 21.6. The molecule has 0 aliphatic rings. The number of carbonyl (C=O) groups excluding carboxylic acids is 2. The molecular formula is C22H24N4O3S. The molecule has 0 spiro atoms. The molecule has 30 heavy (non-hydrogen) atoms. The van der Waals surface area contributed by atoms with Crippen molar-refractivity contribution in [1.29, 1.82) is 0 Å². The van der Waals surface area contributed by atoms with Gasteiger partial charge in [0, 0.05) is 17.8 Å². The van der Waals surface area contributed by atoms with Crippen LogP contribution in [-0.2, 0) is 17.9 Å².